The molecule has 0 bridgehead atoms. The molecule has 2 nitrogen and oxygen atoms in total. The van der Waals surface area contributed by atoms with Crippen LogP contribution >= 0.6 is 0 Å². The van der Waals surface area contributed by atoms with Gasteiger partial charge in [-0.25, -0.2) is 0 Å². The van der Waals surface area contributed by atoms with Gasteiger partial charge in [0.15, 0.2) is 0 Å². The molecule has 0 saturated heterocycles. The van der Waals surface area contributed by atoms with E-state index in [0.717, 1.165) is 18.0 Å². The van der Waals surface area contributed by atoms with Gasteiger partial charge in [0.25, 0.3) is 0 Å². The van der Waals surface area contributed by atoms with Crippen LogP contribution in [0.4, 0.5) is 0 Å². The average Bonchev–Trinajstić information content (AvgIpc) is 2.83. The highest BCUT2D eigenvalue weighted by atomic mass is 16.3. The van der Waals surface area contributed by atoms with Crippen LogP contribution in [0.25, 0.3) is 0 Å². The lowest BCUT2D eigenvalue weighted by Crippen LogP contribution is -2.26. The molecule has 1 aliphatic carbocycles. The van der Waals surface area contributed by atoms with Crippen molar-refractivity contribution in [3.8, 4) is 0 Å². The summed E-state index contributed by atoms with van der Waals surface area (Å²) in [6.45, 7) is 1.73. The Morgan fingerprint density at radius 2 is 1.88 bits per heavy atom. The number of aliphatic hydroxyl groups excluding tert-OH is 1. The molecule has 1 atom stereocenters. The van der Waals surface area contributed by atoms with Gasteiger partial charge in [-0.2, -0.15) is 0 Å². The topological polar surface area (TPSA) is 32.3 Å². The van der Waals surface area contributed by atoms with Crippen LogP contribution in [0.2, 0.25) is 0 Å². The standard InChI is InChI=1S/C14H21NO/c16-14(13-8-2-1-3-9-13)11-15-10-12-6-4-5-7-12/h1-3,8-9,12,14-16H,4-7,10-11H2. The summed E-state index contributed by atoms with van der Waals surface area (Å²) in [7, 11) is 0. The Balaban J connectivity index is 1.69. The first-order valence-electron chi connectivity index (χ1n) is 6.30. The number of rotatable bonds is 5. The van der Waals surface area contributed by atoms with Crippen LogP contribution in [0.5, 0.6) is 0 Å². The van der Waals surface area contributed by atoms with Crippen LogP contribution in [-0.2, 0) is 0 Å². The van der Waals surface area contributed by atoms with Gasteiger partial charge in [-0.15, -0.1) is 0 Å². The normalized spacial score (nSPS) is 18.8. The van der Waals surface area contributed by atoms with Crippen molar-refractivity contribution in [1.29, 1.82) is 0 Å². The van der Waals surface area contributed by atoms with E-state index in [4.69, 9.17) is 0 Å². The summed E-state index contributed by atoms with van der Waals surface area (Å²) >= 11 is 0. The maximum absolute atomic E-state index is 9.93. The molecule has 88 valence electrons. The molecule has 0 heterocycles. The van der Waals surface area contributed by atoms with E-state index < -0.39 is 0 Å². The maximum atomic E-state index is 9.93. The lowest BCUT2D eigenvalue weighted by Gasteiger charge is -2.14. The van der Waals surface area contributed by atoms with Gasteiger partial charge in [-0.05, 0) is 30.9 Å². The Morgan fingerprint density at radius 1 is 1.19 bits per heavy atom. The smallest absolute Gasteiger partial charge is 0.0914 e. The summed E-state index contributed by atoms with van der Waals surface area (Å²) in [6, 6.07) is 9.86. The van der Waals surface area contributed by atoms with E-state index in [1.54, 1.807) is 0 Å². The van der Waals surface area contributed by atoms with Gasteiger partial charge < -0.3 is 10.4 Å². The highest BCUT2D eigenvalue weighted by molar-refractivity contribution is 5.17. The zero-order chi connectivity index (χ0) is 11.2. The van der Waals surface area contributed by atoms with Crippen LogP contribution in [0.1, 0.15) is 37.4 Å². The van der Waals surface area contributed by atoms with Crippen LogP contribution in [-0.4, -0.2) is 18.2 Å². The highest BCUT2D eigenvalue weighted by Gasteiger charge is 2.15. The van der Waals surface area contributed by atoms with Crippen molar-refractivity contribution < 1.29 is 5.11 Å². The first-order valence-corrected chi connectivity index (χ1v) is 6.30. The number of hydrogen-bond donors (Lipinski definition) is 2. The summed E-state index contributed by atoms with van der Waals surface area (Å²) in [4.78, 5) is 0. The molecule has 1 aliphatic rings. The zero-order valence-corrected chi connectivity index (χ0v) is 9.73. The third kappa shape index (κ3) is 3.32. The number of hydrogen-bond acceptors (Lipinski definition) is 2. The minimum absolute atomic E-state index is 0.373. The molecule has 0 amide bonds. The fourth-order valence-electron chi connectivity index (χ4n) is 2.43. The van der Waals surface area contributed by atoms with E-state index in [1.807, 2.05) is 30.3 Å². The van der Waals surface area contributed by atoms with Crippen LogP contribution in [0.15, 0.2) is 30.3 Å². The molecule has 0 spiro atoms. The summed E-state index contributed by atoms with van der Waals surface area (Å²) in [6.07, 6.45) is 5.10. The number of nitrogens with one attached hydrogen (secondary N) is 1. The summed E-state index contributed by atoms with van der Waals surface area (Å²) in [5, 5.41) is 13.3. The Hall–Kier alpha value is -0.860. The van der Waals surface area contributed by atoms with Crippen molar-refractivity contribution in [2.75, 3.05) is 13.1 Å². The van der Waals surface area contributed by atoms with Gasteiger partial charge in [-0.1, -0.05) is 43.2 Å². The molecule has 2 heteroatoms. The molecular weight excluding hydrogens is 198 g/mol. The first-order chi connectivity index (χ1) is 7.86. The first kappa shape index (κ1) is 11.6. The Bertz CT molecular complexity index is 293. The second kappa shape index (κ2) is 6.02. The largest absolute Gasteiger partial charge is 0.387 e. The quantitative estimate of drug-likeness (QED) is 0.797. The second-order valence-corrected chi connectivity index (χ2v) is 4.74. The molecule has 0 aliphatic heterocycles. The molecule has 16 heavy (non-hydrogen) atoms. The van der Waals surface area contributed by atoms with E-state index >= 15 is 0 Å². The van der Waals surface area contributed by atoms with Crippen molar-refractivity contribution >= 4 is 0 Å². The predicted molar refractivity (Wildman–Crippen MR) is 66.2 cm³/mol. The number of aliphatic hydroxyl groups is 1. The maximum Gasteiger partial charge on any atom is 0.0914 e. The van der Waals surface area contributed by atoms with Gasteiger partial charge in [0.1, 0.15) is 0 Å². The van der Waals surface area contributed by atoms with Gasteiger partial charge in [-0.3, -0.25) is 0 Å². The third-order valence-corrected chi connectivity index (χ3v) is 3.43. The Morgan fingerprint density at radius 3 is 2.56 bits per heavy atom. The third-order valence-electron chi connectivity index (χ3n) is 3.43. The molecule has 1 unspecified atom stereocenters. The number of benzene rings is 1. The fraction of sp³-hybridized carbons (Fsp3) is 0.571. The van der Waals surface area contributed by atoms with Crippen LogP contribution < -0.4 is 5.32 Å². The molecule has 1 fully saturated rings. The monoisotopic (exact) mass is 219 g/mol. The fourth-order valence-corrected chi connectivity index (χ4v) is 2.43. The lowest BCUT2D eigenvalue weighted by atomic mass is 10.1. The van der Waals surface area contributed by atoms with Crippen molar-refractivity contribution in [3.05, 3.63) is 35.9 Å². The SMILES string of the molecule is OC(CNCC1CCCC1)c1ccccc1. The second-order valence-electron chi connectivity index (χ2n) is 4.74. The molecule has 2 N–H and O–H groups in total. The Labute approximate surface area is 97.7 Å². The van der Waals surface area contributed by atoms with Gasteiger partial charge in [0.2, 0.25) is 0 Å². The molecule has 0 radical (unpaired) electrons. The van der Waals surface area contributed by atoms with E-state index in [9.17, 15) is 5.11 Å². The van der Waals surface area contributed by atoms with Gasteiger partial charge >= 0.3 is 0 Å². The minimum atomic E-state index is -0.373. The average molecular weight is 219 g/mol. The molecule has 0 aromatic heterocycles. The van der Waals surface area contributed by atoms with Crippen molar-refractivity contribution in [2.45, 2.75) is 31.8 Å². The van der Waals surface area contributed by atoms with E-state index in [2.05, 4.69) is 5.32 Å². The molecule has 1 aromatic rings. The van der Waals surface area contributed by atoms with Crippen molar-refractivity contribution in [3.63, 3.8) is 0 Å². The predicted octanol–water partition coefficient (Wildman–Crippen LogP) is 2.50. The molecule has 2 rings (SSSR count). The Kier molecular flexibility index (Phi) is 4.37. The molecular formula is C14H21NO. The van der Waals surface area contributed by atoms with Crippen molar-refractivity contribution in [1.82, 2.24) is 5.32 Å². The molecule has 1 saturated carbocycles. The summed E-state index contributed by atoms with van der Waals surface area (Å²) < 4.78 is 0. The van der Waals surface area contributed by atoms with Gasteiger partial charge in [0, 0.05) is 6.54 Å². The van der Waals surface area contributed by atoms with E-state index in [0.29, 0.717) is 6.54 Å². The van der Waals surface area contributed by atoms with E-state index in [1.165, 1.54) is 25.7 Å². The van der Waals surface area contributed by atoms with Crippen molar-refractivity contribution in [2.24, 2.45) is 5.92 Å². The van der Waals surface area contributed by atoms with E-state index in [-0.39, 0.29) is 6.10 Å². The minimum Gasteiger partial charge on any atom is -0.387 e. The van der Waals surface area contributed by atoms with Crippen LogP contribution in [0.3, 0.4) is 0 Å². The molecule has 1 aromatic carbocycles. The summed E-state index contributed by atoms with van der Waals surface area (Å²) in [5.41, 5.74) is 1.00. The highest BCUT2D eigenvalue weighted by Crippen LogP contribution is 2.23. The lowest BCUT2D eigenvalue weighted by molar-refractivity contribution is 0.173. The van der Waals surface area contributed by atoms with Crippen LogP contribution in [0, 0.1) is 5.92 Å². The summed E-state index contributed by atoms with van der Waals surface area (Å²) in [5.74, 6) is 0.836. The zero-order valence-electron chi connectivity index (χ0n) is 9.73. The van der Waals surface area contributed by atoms with Gasteiger partial charge in [0.05, 0.1) is 6.10 Å².